The molecule has 3 atom stereocenters. The van der Waals surface area contributed by atoms with Crippen LogP contribution in [0.3, 0.4) is 0 Å². The molecule has 1 saturated carbocycles. The fraction of sp³-hybridized carbons (Fsp3) is 0.464. The number of aliphatic carboxylic acids is 1. The highest BCUT2D eigenvalue weighted by molar-refractivity contribution is 9.10. The van der Waals surface area contributed by atoms with E-state index in [0.29, 0.717) is 24.0 Å². The first-order chi connectivity index (χ1) is 17.4. The van der Waals surface area contributed by atoms with E-state index in [4.69, 9.17) is 21.1 Å². The van der Waals surface area contributed by atoms with E-state index in [1.165, 1.54) is 12.0 Å². The molecule has 3 unspecified atom stereocenters. The van der Waals surface area contributed by atoms with Crippen molar-refractivity contribution in [2.45, 2.75) is 57.5 Å². The highest BCUT2D eigenvalue weighted by atomic mass is 79.9. The summed E-state index contributed by atoms with van der Waals surface area (Å²) in [5.74, 6) is 0.285. The highest BCUT2D eigenvalue weighted by Crippen LogP contribution is 2.36. The zero-order valence-electron chi connectivity index (χ0n) is 20.8. The summed E-state index contributed by atoms with van der Waals surface area (Å²) >= 11 is 10.3. The monoisotopic (exact) mass is 576 g/mol. The van der Waals surface area contributed by atoms with Crippen molar-refractivity contribution in [3.8, 4) is 5.75 Å². The molecule has 1 heterocycles. The van der Waals surface area contributed by atoms with Gasteiger partial charge >= 0.3 is 5.97 Å². The van der Waals surface area contributed by atoms with Crippen molar-refractivity contribution in [2.24, 2.45) is 0 Å². The Morgan fingerprint density at radius 2 is 1.94 bits per heavy atom. The third-order valence-corrected chi connectivity index (χ3v) is 8.10. The summed E-state index contributed by atoms with van der Waals surface area (Å²) in [5.41, 5.74) is 3.21. The Hall–Kier alpha value is -2.06. The van der Waals surface area contributed by atoms with Crippen molar-refractivity contribution >= 4 is 33.5 Å². The van der Waals surface area contributed by atoms with Crippen LogP contribution in [0.15, 0.2) is 58.4 Å². The third-order valence-electron chi connectivity index (χ3n) is 7.08. The van der Waals surface area contributed by atoms with Crippen LogP contribution in [0.4, 0.5) is 0 Å². The summed E-state index contributed by atoms with van der Waals surface area (Å²) < 4.78 is 12.8. The van der Waals surface area contributed by atoms with E-state index in [-0.39, 0.29) is 12.0 Å². The van der Waals surface area contributed by atoms with Gasteiger partial charge in [0, 0.05) is 29.5 Å². The highest BCUT2D eigenvalue weighted by Gasteiger charge is 2.30. The quantitative estimate of drug-likeness (QED) is 0.314. The van der Waals surface area contributed by atoms with Crippen LogP contribution < -0.4 is 10.1 Å². The molecule has 194 valence electrons. The standard InChI is InChI=1S/C28H34BrClN2O4/c1-3-24(21-9-4-5-10-22(21)29)31-26(28(33)34)18(2)20-11-12-25(23(30)17-20)36-27(19-7-6-8-19)32-13-15-35-16-14-32/h4-5,9-12,17-18,24,26,31H,3,6-8,13-16H2,1-2H3,(H,33,34). The number of nitrogens with one attached hydrogen (secondary N) is 1. The molecular formula is C28H34BrClN2O4. The van der Waals surface area contributed by atoms with Gasteiger partial charge in [0.1, 0.15) is 11.8 Å². The molecule has 4 rings (SSSR count). The molecule has 36 heavy (non-hydrogen) atoms. The minimum Gasteiger partial charge on any atom is -0.480 e. The largest absolute Gasteiger partial charge is 0.480 e. The fourth-order valence-electron chi connectivity index (χ4n) is 4.71. The molecule has 6 nitrogen and oxygen atoms in total. The van der Waals surface area contributed by atoms with E-state index in [1.54, 1.807) is 0 Å². The lowest BCUT2D eigenvalue weighted by Gasteiger charge is -2.34. The number of halogens is 2. The Morgan fingerprint density at radius 3 is 2.53 bits per heavy atom. The number of allylic oxidation sites excluding steroid dienone is 1. The van der Waals surface area contributed by atoms with Gasteiger partial charge < -0.3 is 19.5 Å². The molecular weight excluding hydrogens is 544 g/mol. The summed E-state index contributed by atoms with van der Waals surface area (Å²) in [6.45, 7) is 6.94. The zero-order chi connectivity index (χ0) is 25.7. The number of hydrogen-bond acceptors (Lipinski definition) is 5. The van der Waals surface area contributed by atoms with Gasteiger partial charge in [0.2, 0.25) is 0 Å². The Kier molecular flexibility index (Phi) is 9.34. The van der Waals surface area contributed by atoms with Crippen LogP contribution in [-0.2, 0) is 9.53 Å². The van der Waals surface area contributed by atoms with E-state index in [0.717, 1.165) is 53.8 Å². The smallest absolute Gasteiger partial charge is 0.321 e. The van der Waals surface area contributed by atoms with Crippen LogP contribution in [0.25, 0.3) is 0 Å². The van der Waals surface area contributed by atoms with Crippen molar-refractivity contribution in [2.75, 3.05) is 26.3 Å². The predicted octanol–water partition coefficient (Wildman–Crippen LogP) is 6.51. The first kappa shape index (κ1) is 27.0. The molecule has 0 bridgehead atoms. The van der Waals surface area contributed by atoms with Gasteiger partial charge in [-0.05, 0) is 60.6 Å². The maximum atomic E-state index is 12.3. The number of hydrogen-bond donors (Lipinski definition) is 2. The number of nitrogens with zero attached hydrogens (tertiary/aromatic N) is 1. The van der Waals surface area contributed by atoms with Gasteiger partial charge in [-0.3, -0.25) is 10.1 Å². The van der Waals surface area contributed by atoms with Gasteiger partial charge in [-0.1, -0.05) is 65.6 Å². The van der Waals surface area contributed by atoms with E-state index < -0.39 is 12.0 Å². The SMILES string of the molecule is CCC(NC(C(=O)O)C(C)c1ccc(OC(=C2CCC2)N2CCOCC2)c(Cl)c1)c1ccccc1Br. The summed E-state index contributed by atoms with van der Waals surface area (Å²) in [5, 5.41) is 13.9. The number of ether oxygens (including phenoxy) is 2. The normalized spacial score (nSPS) is 18.2. The molecule has 0 amide bonds. The molecule has 2 N–H and O–H groups in total. The van der Waals surface area contributed by atoms with Crippen molar-refractivity contribution < 1.29 is 19.4 Å². The van der Waals surface area contributed by atoms with Crippen LogP contribution in [-0.4, -0.2) is 48.3 Å². The zero-order valence-corrected chi connectivity index (χ0v) is 23.1. The van der Waals surface area contributed by atoms with Gasteiger partial charge in [-0.25, -0.2) is 0 Å². The molecule has 2 fully saturated rings. The Labute approximate surface area is 226 Å². The number of benzene rings is 2. The summed E-state index contributed by atoms with van der Waals surface area (Å²) in [7, 11) is 0. The van der Waals surface area contributed by atoms with Crippen LogP contribution >= 0.6 is 27.5 Å². The third kappa shape index (κ3) is 6.25. The predicted molar refractivity (Wildman–Crippen MR) is 145 cm³/mol. The van der Waals surface area contributed by atoms with Crippen molar-refractivity contribution in [1.82, 2.24) is 10.2 Å². The summed E-state index contributed by atoms with van der Waals surface area (Å²) in [6.07, 6.45) is 4.02. The number of carbonyl (C=O) groups is 1. The van der Waals surface area contributed by atoms with Crippen molar-refractivity contribution in [1.29, 1.82) is 0 Å². The van der Waals surface area contributed by atoms with E-state index >= 15 is 0 Å². The summed E-state index contributed by atoms with van der Waals surface area (Å²) in [6, 6.07) is 12.6. The molecule has 0 spiro atoms. The molecule has 2 aliphatic rings. The number of carboxylic acid groups (broad SMARTS) is 1. The first-order valence-electron chi connectivity index (χ1n) is 12.6. The average Bonchev–Trinajstić information content (AvgIpc) is 2.85. The first-order valence-corrected chi connectivity index (χ1v) is 13.8. The second kappa shape index (κ2) is 12.5. The van der Waals surface area contributed by atoms with Crippen LogP contribution in [0.2, 0.25) is 5.02 Å². The Morgan fingerprint density at radius 1 is 1.22 bits per heavy atom. The van der Waals surface area contributed by atoms with Crippen molar-refractivity contribution in [3.05, 3.63) is 74.5 Å². The van der Waals surface area contributed by atoms with Gasteiger partial charge in [0.15, 0.2) is 5.88 Å². The molecule has 0 radical (unpaired) electrons. The number of morpholine rings is 1. The molecule has 8 heteroatoms. The molecule has 2 aromatic rings. The molecule has 1 aliphatic heterocycles. The second-order valence-corrected chi connectivity index (χ2v) is 10.7. The van der Waals surface area contributed by atoms with Crippen LogP contribution in [0, 0.1) is 0 Å². The number of rotatable bonds is 10. The van der Waals surface area contributed by atoms with E-state index in [9.17, 15) is 9.90 Å². The Balaban J connectivity index is 1.52. The lowest BCUT2D eigenvalue weighted by Crippen LogP contribution is -2.42. The van der Waals surface area contributed by atoms with Gasteiger partial charge in [-0.15, -0.1) is 0 Å². The van der Waals surface area contributed by atoms with Crippen molar-refractivity contribution in [3.63, 3.8) is 0 Å². The van der Waals surface area contributed by atoms with Gasteiger partial charge in [-0.2, -0.15) is 0 Å². The Bertz CT molecular complexity index is 1100. The van der Waals surface area contributed by atoms with Gasteiger partial charge in [0.25, 0.3) is 0 Å². The maximum absolute atomic E-state index is 12.3. The topological polar surface area (TPSA) is 71.0 Å². The molecule has 2 aromatic carbocycles. The van der Waals surface area contributed by atoms with E-state index in [1.807, 2.05) is 56.3 Å². The van der Waals surface area contributed by atoms with Crippen LogP contribution in [0.1, 0.15) is 62.6 Å². The number of carboxylic acids is 1. The minimum atomic E-state index is -0.895. The molecule has 1 aliphatic carbocycles. The minimum absolute atomic E-state index is 0.104. The van der Waals surface area contributed by atoms with Gasteiger partial charge in [0.05, 0.1) is 18.2 Å². The molecule has 1 saturated heterocycles. The summed E-state index contributed by atoms with van der Waals surface area (Å²) in [4.78, 5) is 14.6. The lowest BCUT2D eigenvalue weighted by molar-refractivity contribution is -0.140. The molecule has 0 aromatic heterocycles. The van der Waals surface area contributed by atoms with E-state index in [2.05, 4.69) is 26.1 Å². The second-order valence-electron chi connectivity index (χ2n) is 9.41. The maximum Gasteiger partial charge on any atom is 0.321 e. The van der Waals surface area contributed by atoms with Crippen LogP contribution in [0.5, 0.6) is 5.75 Å². The lowest BCUT2D eigenvalue weighted by atomic mass is 9.91. The fourth-order valence-corrected chi connectivity index (χ4v) is 5.49. The average molecular weight is 578 g/mol.